The van der Waals surface area contributed by atoms with E-state index in [2.05, 4.69) is 15.2 Å². The number of halogens is 3. The van der Waals surface area contributed by atoms with Crippen molar-refractivity contribution in [3.63, 3.8) is 0 Å². The standard InChI is InChI=1S/C23H24F3N5O3/c1-33-17-7-8-21(34-2)16(13-17)14-29-9-11-30(12-10-29)22(32)19-15-31(28-27-19)20-6-4-3-5-18(20)23(24,25)26/h3-8,13,15H,9-12,14H2,1-2H3. The van der Waals surface area contributed by atoms with Crippen LogP contribution in [0.1, 0.15) is 21.6 Å². The van der Waals surface area contributed by atoms with Crippen LogP contribution in [0.5, 0.6) is 11.5 Å². The quantitative estimate of drug-likeness (QED) is 0.545. The van der Waals surface area contributed by atoms with Gasteiger partial charge >= 0.3 is 6.18 Å². The Morgan fingerprint density at radius 1 is 1.03 bits per heavy atom. The molecule has 1 fully saturated rings. The number of methoxy groups -OCH3 is 2. The van der Waals surface area contributed by atoms with Crippen LogP contribution in [-0.2, 0) is 12.7 Å². The Morgan fingerprint density at radius 3 is 2.44 bits per heavy atom. The SMILES string of the molecule is COc1ccc(OC)c(CN2CCN(C(=O)c3cn(-c4ccccc4C(F)(F)F)nn3)CC2)c1. The molecule has 0 atom stereocenters. The maximum absolute atomic E-state index is 13.3. The highest BCUT2D eigenvalue weighted by Gasteiger charge is 2.34. The number of rotatable bonds is 6. The predicted molar refractivity (Wildman–Crippen MR) is 117 cm³/mol. The molecule has 1 amide bonds. The van der Waals surface area contributed by atoms with Gasteiger partial charge in [-0.2, -0.15) is 13.2 Å². The molecule has 8 nitrogen and oxygen atoms in total. The lowest BCUT2D eigenvalue weighted by Crippen LogP contribution is -2.48. The lowest BCUT2D eigenvalue weighted by Gasteiger charge is -2.34. The molecule has 2 heterocycles. The number of amides is 1. The molecular formula is C23H24F3N5O3. The highest BCUT2D eigenvalue weighted by atomic mass is 19.4. The molecule has 3 aromatic rings. The number of carbonyl (C=O) groups excluding carboxylic acids is 1. The van der Waals surface area contributed by atoms with Crippen LogP contribution in [0.2, 0.25) is 0 Å². The van der Waals surface area contributed by atoms with Crippen LogP contribution in [0.25, 0.3) is 5.69 Å². The molecule has 0 bridgehead atoms. The molecule has 1 aromatic heterocycles. The molecule has 1 aliphatic rings. The van der Waals surface area contributed by atoms with Crippen LogP contribution in [0.15, 0.2) is 48.7 Å². The highest BCUT2D eigenvalue weighted by Crippen LogP contribution is 2.33. The van der Waals surface area contributed by atoms with Crippen molar-refractivity contribution in [2.45, 2.75) is 12.7 Å². The summed E-state index contributed by atoms with van der Waals surface area (Å²) >= 11 is 0. The van der Waals surface area contributed by atoms with Gasteiger partial charge in [-0.05, 0) is 30.3 Å². The van der Waals surface area contributed by atoms with Gasteiger partial charge in [-0.3, -0.25) is 9.69 Å². The van der Waals surface area contributed by atoms with Gasteiger partial charge in [0.05, 0.1) is 31.7 Å². The fourth-order valence-corrected chi connectivity index (χ4v) is 3.91. The van der Waals surface area contributed by atoms with Crippen LogP contribution in [0.4, 0.5) is 13.2 Å². The van der Waals surface area contributed by atoms with Crippen molar-refractivity contribution in [2.24, 2.45) is 0 Å². The van der Waals surface area contributed by atoms with Crippen molar-refractivity contribution >= 4 is 5.91 Å². The van der Waals surface area contributed by atoms with E-state index in [1.165, 1.54) is 24.4 Å². The Labute approximate surface area is 194 Å². The maximum atomic E-state index is 13.3. The number of para-hydroxylation sites is 1. The molecule has 2 aromatic carbocycles. The zero-order valence-electron chi connectivity index (χ0n) is 18.7. The Kier molecular flexibility index (Phi) is 6.73. The van der Waals surface area contributed by atoms with E-state index in [1.807, 2.05) is 18.2 Å². The van der Waals surface area contributed by atoms with Gasteiger partial charge in [0.15, 0.2) is 5.69 Å². The molecule has 0 N–H and O–H groups in total. The minimum absolute atomic E-state index is 0.0000995. The van der Waals surface area contributed by atoms with Gasteiger partial charge in [0.1, 0.15) is 11.5 Å². The van der Waals surface area contributed by atoms with Crippen molar-refractivity contribution in [1.29, 1.82) is 0 Å². The topological polar surface area (TPSA) is 72.7 Å². The molecule has 0 radical (unpaired) electrons. The monoisotopic (exact) mass is 475 g/mol. The Bertz CT molecular complexity index is 1160. The minimum atomic E-state index is -4.55. The van der Waals surface area contributed by atoms with Crippen LogP contribution in [0.3, 0.4) is 0 Å². The Morgan fingerprint density at radius 2 is 1.76 bits per heavy atom. The highest BCUT2D eigenvalue weighted by molar-refractivity contribution is 5.92. The second-order valence-electron chi connectivity index (χ2n) is 7.81. The summed E-state index contributed by atoms with van der Waals surface area (Å²) in [5.41, 5.74) is -0.0492. The molecule has 11 heteroatoms. The van der Waals surface area contributed by atoms with Crippen molar-refractivity contribution in [2.75, 3.05) is 40.4 Å². The third kappa shape index (κ3) is 4.98. The number of aromatic nitrogens is 3. The molecule has 180 valence electrons. The van der Waals surface area contributed by atoms with E-state index in [0.29, 0.717) is 32.7 Å². The smallest absolute Gasteiger partial charge is 0.418 e. The van der Waals surface area contributed by atoms with E-state index < -0.39 is 11.7 Å². The van der Waals surface area contributed by atoms with E-state index in [0.717, 1.165) is 27.8 Å². The van der Waals surface area contributed by atoms with Gasteiger partial charge in [0.25, 0.3) is 5.91 Å². The summed E-state index contributed by atoms with van der Waals surface area (Å²) in [5.74, 6) is 1.13. The van der Waals surface area contributed by atoms with Crippen molar-refractivity contribution in [3.05, 3.63) is 65.5 Å². The summed E-state index contributed by atoms with van der Waals surface area (Å²) in [6.45, 7) is 2.79. The fourth-order valence-electron chi connectivity index (χ4n) is 3.91. The molecule has 0 saturated carbocycles. The predicted octanol–water partition coefficient (Wildman–Crippen LogP) is 3.26. The van der Waals surface area contributed by atoms with Crippen LogP contribution in [-0.4, -0.2) is 71.1 Å². The van der Waals surface area contributed by atoms with Crippen LogP contribution < -0.4 is 9.47 Å². The zero-order valence-corrected chi connectivity index (χ0v) is 18.7. The van der Waals surface area contributed by atoms with Gasteiger partial charge in [-0.15, -0.1) is 5.10 Å². The molecule has 1 aliphatic heterocycles. The van der Waals surface area contributed by atoms with Gasteiger partial charge in [0, 0.05) is 38.3 Å². The first-order valence-corrected chi connectivity index (χ1v) is 10.6. The fraction of sp³-hybridized carbons (Fsp3) is 0.348. The third-order valence-electron chi connectivity index (χ3n) is 5.71. The molecule has 0 unspecified atom stereocenters. The third-order valence-corrected chi connectivity index (χ3v) is 5.71. The average Bonchev–Trinajstić information content (AvgIpc) is 3.34. The second-order valence-corrected chi connectivity index (χ2v) is 7.81. The molecular weight excluding hydrogens is 451 g/mol. The first kappa shape index (κ1) is 23.6. The molecule has 4 rings (SSSR count). The number of alkyl halides is 3. The zero-order chi connectivity index (χ0) is 24.3. The van der Waals surface area contributed by atoms with Crippen molar-refractivity contribution in [3.8, 4) is 17.2 Å². The number of hydrogen-bond acceptors (Lipinski definition) is 6. The van der Waals surface area contributed by atoms with Crippen LogP contribution in [0, 0.1) is 0 Å². The molecule has 0 aliphatic carbocycles. The van der Waals surface area contributed by atoms with E-state index >= 15 is 0 Å². The second kappa shape index (κ2) is 9.72. The number of benzene rings is 2. The number of carbonyl (C=O) groups is 1. The van der Waals surface area contributed by atoms with Crippen molar-refractivity contribution in [1.82, 2.24) is 24.8 Å². The first-order chi connectivity index (χ1) is 16.3. The summed E-state index contributed by atoms with van der Waals surface area (Å²) in [7, 11) is 3.22. The molecule has 0 spiro atoms. The summed E-state index contributed by atoms with van der Waals surface area (Å²) in [4.78, 5) is 16.7. The average molecular weight is 475 g/mol. The van der Waals surface area contributed by atoms with Gasteiger partial charge < -0.3 is 14.4 Å². The number of nitrogens with zero attached hydrogens (tertiary/aromatic N) is 5. The van der Waals surface area contributed by atoms with Gasteiger partial charge in [0.2, 0.25) is 0 Å². The number of hydrogen-bond donors (Lipinski definition) is 0. The summed E-state index contributed by atoms with van der Waals surface area (Å²) in [6.07, 6.45) is -3.31. The van der Waals surface area contributed by atoms with Crippen molar-refractivity contribution < 1.29 is 27.4 Å². The van der Waals surface area contributed by atoms with E-state index in [4.69, 9.17) is 9.47 Å². The minimum Gasteiger partial charge on any atom is -0.497 e. The number of ether oxygens (including phenoxy) is 2. The first-order valence-electron chi connectivity index (χ1n) is 10.6. The van der Waals surface area contributed by atoms with Gasteiger partial charge in [-0.1, -0.05) is 17.3 Å². The maximum Gasteiger partial charge on any atom is 0.418 e. The summed E-state index contributed by atoms with van der Waals surface area (Å²) in [6, 6.07) is 10.6. The lowest BCUT2D eigenvalue weighted by atomic mass is 10.1. The Balaban J connectivity index is 1.41. The van der Waals surface area contributed by atoms with Gasteiger partial charge in [-0.25, -0.2) is 4.68 Å². The normalized spacial score (nSPS) is 14.8. The number of piperazine rings is 1. The molecule has 1 saturated heterocycles. The Hall–Kier alpha value is -3.60. The van der Waals surface area contributed by atoms with E-state index in [1.54, 1.807) is 19.1 Å². The molecule has 34 heavy (non-hydrogen) atoms. The largest absolute Gasteiger partial charge is 0.497 e. The lowest BCUT2D eigenvalue weighted by molar-refractivity contribution is -0.137. The van der Waals surface area contributed by atoms with E-state index in [-0.39, 0.29) is 17.3 Å². The van der Waals surface area contributed by atoms with Crippen LogP contribution >= 0.6 is 0 Å². The summed E-state index contributed by atoms with van der Waals surface area (Å²) in [5, 5.41) is 7.60. The van der Waals surface area contributed by atoms with E-state index in [9.17, 15) is 18.0 Å². The summed E-state index contributed by atoms with van der Waals surface area (Å²) < 4.78 is 51.7.